The highest BCUT2D eigenvalue weighted by molar-refractivity contribution is 5.81. The summed E-state index contributed by atoms with van der Waals surface area (Å²) in [5, 5.41) is 9.61. The van der Waals surface area contributed by atoms with Crippen molar-refractivity contribution in [2.24, 2.45) is 5.92 Å². The summed E-state index contributed by atoms with van der Waals surface area (Å²) in [5.74, 6) is -1.35. The Labute approximate surface area is 109 Å². The van der Waals surface area contributed by atoms with Gasteiger partial charge in [-0.2, -0.15) is 0 Å². The lowest BCUT2D eigenvalue weighted by Gasteiger charge is -2.36. The average Bonchev–Trinajstić information content (AvgIpc) is 2.32. The van der Waals surface area contributed by atoms with Crippen LogP contribution < -0.4 is 0 Å². The first kappa shape index (κ1) is 12.0. The molecular formula is C14H13FN2O2. The molecular weight excluding hydrogens is 247 g/mol. The number of aromatic nitrogens is 1. The molecule has 1 saturated heterocycles. The monoisotopic (exact) mass is 260 g/mol. The van der Waals surface area contributed by atoms with Crippen molar-refractivity contribution in [3.63, 3.8) is 0 Å². The smallest absolute Gasteiger partial charge is 0.309 e. The van der Waals surface area contributed by atoms with Crippen LogP contribution in [0.4, 0.5) is 4.39 Å². The molecule has 0 saturated carbocycles. The zero-order chi connectivity index (χ0) is 13.4. The number of rotatable bonds is 3. The second kappa shape index (κ2) is 4.59. The summed E-state index contributed by atoms with van der Waals surface area (Å²) < 4.78 is 13.5. The third-order valence-electron chi connectivity index (χ3n) is 3.45. The van der Waals surface area contributed by atoms with E-state index in [2.05, 4.69) is 4.98 Å². The SMILES string of the molecule is O=C(O)C1CN(Cc2cc(F)cc3cccnc23)C1. The van der Waals surface area contributed by atoms with E-state index in [0.29, 0.717) is 19.6 Å². The topological polar surface area (TPSA) is 53.4 Å². The molecule has 0 amide bonds. The maximum absolute atomic E-state index is 13.5. The van der Waals surface area contributed by atoms with Gasteiger partial charge in [0.15, 0.2) is 0 Å². The van der Waals surface area contributed by atoms with Gasteiger partial charge in [-0.15, -0.1) is 0 Å². The van der Waals surface area contributed by atoms with E-state index >= 15 is 0 Å². The Hall–Kier alpha value is -2.01. The second-order valence-electron chi connectivity index (χ2n) is 4.87. The molecule has 0 spiro atoms. The number of pyridine rings is 1. The van der Waals surface area contributed by atoms with Gasteiger partial charge in [0.2, 0.25) is 0 Å². The first-order valence-electron chi connectivity index (χ1n) is 6.12. The van der Waals surface area contributed by atoms with Crippen molar-refractivity contribution in [3.8, 4) is 0 Å². The molecule has 1 N–H and O–H groups in total. The number of fused-ring (bicyclic) bond motifs is 1. The molecule has 2 aromatic rings. The number of carboxylic acids is 1. The van der Waals surface area contributed by atoms with Crippen molar-refractivity contribution in [1.29, 1.82) is 0 Å². The van der Waals surface area contributed by atoms with E-state index in [-0.39, 0.29) is 11.7 Å². The number of nitrogens with zero attached hydrogens (tertiary/aromatic N) is 2. The number of halogens is 1. The fourth-order valence-electron chi connectivity index (χ4n) is 2.44. The van der Waals surface area contributed by atoms with Crippen molar-refractivity contribution in [3.05, 3.63) is 41.8 Å². The number of aliphatic carboxylic acids is 1. The molecule has 0 atom stereocenters. The normalized spacial score (nSPS) is 16.5. The Balaban J connectivity index is 1.83. The van der Waals surface area contributed by atoms with Crippen molar-refractivity contribution >= 4 is 16.9 Å². The van der Waals surface area contributed by atoms with Gasteiger partial charge < -0.3 is 5.11 Å². The first-order valence-corrected chi connectivity index (χ1v) is 6.12. The van der Waals surface area contributed by atoms with Crippen LogP contribution in [-0.4, -0.2) is 34.0 Å². The molecule has 1 fully saturated rings. The van der Waals surface area contributed by atoms with Crippen molar-refractivity contribution in [2.45, 2.75) is 6.54 Å². The van der Waals surface area contributed by atoms with Crippen LogP contribution in [0.1, 0.15) is 5.56 Å². The van der Waals surface area contributed by atoms with Crippen molar-refractivity contribution in [2.75, 3.05) is 13.1 Å². The number of benzene rings is 1. The highest BCUT2D eigenvalue weighted by Crippen LogP contribution is 2.24. The van der Waals surface area contributed by atoms with E-state index in [0.717, 1.165) is 16.5 Å². The van der Waals surface area contributed by atoms with Crippen molar-refractivity contribution < 1.29 is 14.3 Å². The van der Waals surface area contributed by atoms with Crippen LogP contribution in [0.5, 0.6) is 0 Å². The number of carboxylic acid groups (broad SMARTS) is 1. The Morgan fingerprint density at radius 3 is 3.00 bits per heavy atom. The Morgan fingerprint density at radius 2 is 2.26 bits per heavy atom. The zero-order valence-corrected chi connectivity index (χ0v) is 10.2. The summed E-state index contributed by atoms with van der Waals surface area (Å²) >= 11 is 0. The molecule has 0 radical (unpaired) electrons. The number of hydrogen-bond donors (Lipinski definition) is 1. The Bertz CT molecular complexity index is 638. The van der Waals surface area contributed by atoms with Gasteiger partial charge in [-0.25, -0.2) is 4.39 Å². The molecule has 98 valence electrons. The van der Waals surface area contributed by atoms with Crippen LogP contribution in [0.25, 0.3) is 10.9 Å². The Morgan fingerprint density at radius 1 is 1.47 bits per heavy atom. The molecule has 1 aromatic heterocycles. The van der Waals surface area contributed by atoms with Crippen LogP contribution in [0.15, 0.2) is 30.5 Å². The Kier molecular flexibility index (Phi) is 2.91. The molecule has 2 heterocycles. The predicted molar refractivity (Wildman–Crippen MR) is 68.1 cm³/mol. The van der Waals surface area contributed by atoms with Gasteiger partial charge in [0.1, 0.15) is 5.82 Å². The van der Waals surface area contributed by atoms with E-state index in [1.165, 1.54) is 12.1 Å². The summed E-state index contributed by atoms with van der Waals surface area (Å²) in [6, 6.07) is 6.53. The summed E-state index contributed by atoms with van der Waals surface area (Å²) in [7, 11) is 0. The molecule has 4 nitrogen and oxygen atoms in total. The summed E-state index contributed by atoms with van der Waals surface area (Å²) in [5.41, 5.74) is 1.59. The maximum atomic E-state index is 13.5. The molecule has 19 heavy (non-hydrogen) atoms. The summed E-state index contributed by atoms with van der Waals surface area (Å²) in [6.07, 6.45) is 1.68. The maximum Gasteiger partial charge on any atom is 0.309 e. The van der Waals surface area contributed by atoms with Crippen LogP contribution >= 0.6 is 0 Å². The minimum Gasteiger partial charge on any atom is -0.481 e. The van der Waals surface area contributed by atoms with E-state index in [1.54, 1.807) is 12.3 Å². The lowest BCUT2D eigenvalue weighted by atomic mass is 9.99. The van der Waals surface area contributed by atoms with E-state index in [9.17, 15) is 9.18 Å². The van der Waals surface area contributed by atoms with Crippen molar-refractivity contribution in [1.82, 2.24) is 9.88 Å². The summed E-state index contributed by atoms with van der Waals surface area (Å²) in [4.78, 5) is 17.0. The predicted octanol–water partition coefficient (Wildman–Crippen LogP) is 1.89. The van der Waals surface area contributed by atoms with E-state index in [4.69, 9.17) is 5.11 Å². The standard InChI is InChI=1S/C14H13FN2O2/c15-12-4-9-2-1-3-16-13(9)10(5-12)6-17-7-11(8-17)14(18)19/h1-5,11H,6-8H2,(H,18,19). The molecule has 5 heteroatoms. The number of hydrogen-bond acceptors (Lipinski definition) is 3. The van der Waals surface area contributed by atoms with Crippen LogP contribution in [0.3, 0.4) is 0 Å². The largest absolute Gasteiger partial charge is 0.481 e. The molecule has 1 aromatic carbocycles. The molecule has 0 unspecified atom stereocenters. The van der Waals surface area contributed by atoms with E-state index < -0.39 is 5.97 Å². The molecule has 1 aliphatic heterocycles. The first-order chi connectivity index (χ1) is 9.13. The number of likely N-dealkylation sites (tertiary alicyclic amines) is 1. The quantitative estimate of drug-likeness (QED) is 0.915. The minimum absolute atomic E-state index is 0.286. The van der Waals surface area contributed by atoms with Crippen LogP contribution in [0.2, 0.25) is 0 Å². The van der Waals surface area contributed by atoms with Gasteiger partial charge in [0.05, 0.1) is 11.4 Å². The van der Waals surface area contributed by atoms with Gasteiger partial charge in [-0.1, -0.05) is 6.07 Å². The van der Waals surface area contributed by atoms with Gasteiger partial charge in [-0.05, 0) is 23.8 Å². The number of carbonyl (C=O) groups is 1. The summed E-state index contributed by atoms with van der Waals surface area (Å²) in [6.45, 7) is 1.56. The van der Waals surface area contributed by atoms with Gasteiger partial charge in [0, 0.05) is 31.2 Å². The lowest BCUT2D eigenvalue weighted by molar-refractivity contribution is -0.147. The van der Waals surface area contributed by atoms with Crippen LogP contribution in [-0.2, 0) is 11.3 Å². The van der Waals surface area contributed by atoms with Crippen LogP contribution in [0, 0.1) is 11.7 Å². The highest BCUT2D eigenvalue weighted by Gasteiger charge is 2.32. The van der Waals surface area contributed by atoms with Gasteiger partial charge >= 0.3 is 5.97 Å². The molecule has 0 aliphatic carbocycles. The third kappa shape index (κ3) is 2.29. The highest BCUT2D eigenvalue weighted by atomic mass is 19.1. The zero-order valence-electron chi connectivity index (χ0n) is 10.2. The van der Waals surface area contributed by atoms with E-state index in [1.807, 2.05) is 11.0 Å². The molecule has 1 aliphatic rings. The fourth-order valence-corrected chi connectivity index (χ4v) is 2.44. The third-order valence-corrected chi connectivity index (χ3v) is 3.45. The second-order valence-corrected chi connectivity index (χ2v) is 4.87. The van der Waals surface area contributed by atoms with Gasteiger partial charge in [-0.3, -0.25) is 14.7 Å². The fraction of sp³-hybridized carbons (Fsp3) is 0.286. The molecule has 3 rings (SSSR count). The molecule has 0 bridgehead atoms. The minimum atomic E-state index is -0.765. The average molecular weight is 260 g/mol. The van der Waals surface area contributed by atoms with Gasteiger partial charge in [0.25, 0.3) is 0 Å². The lowest BCUT2D eigenvalue weighted by Crippen LogP contribution is -2.49.